The van der Waals surface area contributed by atoms with Gasteiger partial charge in [-0.2, -0.15) is 5.10 Å². The molecule has 0 unspecified atom stereocenters. The molecule has 1 aromatic heterocycles. The molecule has 0 fully saturated rings. The van der Waals surface area contributed by atoms with Crippen molar-refractivity contribution in [3.05, 3.63) is 46.7 Å². The van der Waals surface area contributed by atoms with Crippen LogP contribution in [0.5, 0.6) is 0 Å². The average Bonchev–Trinajstić information content (AvgIpc) is 2.74. The minimum atomic E-state index is 0.479. The number of anilines is 1. The van der Waals surface area contributed by atoms with Gasteiger partial charge in [0.05, 0.1) is 6.20 Å². The van der Waals surface area contributed by atoms with E-state index in [-0.39, 0.29) is 0 Å². The second-order valence-electron chi connectivity index (χ2n) is 4.36. The predicted octanol–water partition coefficient (Wildman–Crippen LogP) is 2.17. The summed E-state index contributed by atoms with van der Waals surface area (Å²) in [5.41, 5.74) is 9.07. The van der Waals surface area contributed by atoms with E-state index in [1.165, 1.54) is 0 Å². The molecule has 1 aromatic carbocycles. The van der Waals surface area contributed by atoms with Crippen molar-refractivity contribution in [2.24, 2.45) is 12.8 Å². The maximum Gasteiger partial charge on any atom is 0.0539 e. The lowest BCUT2D eigenvalue weighted by Gasteiger charge is -2.21. The second-order valence-corrected chi connectivity index (χ2v) is 4.79. The molecule has 18 heavy (non-hydrogen) atoms. The number of rotatable bonds is 4. The minimum absolute atomic E-state index is 0.479. The number of aromatic nitrogens is 2. The molecule has 0 aliphatic heterocycles. The van der Waals surface area contributed by atoms with Crippen LogP contribution >= 0.6 is 11.6 Å². The molecule has 5 heteroatoms. The molecular formula is C13H17ClN4. The van der Waals surface area contributed by atoms with E-state index in [9.17, 15) is 0 Å². The van der Waals surface area contributed by atoms with Crippen LogP contribution in [0.25, 0.3) is 0 Å². The van der Waals surface area contributed by atoms with Crippen molar-refractivity contribution in [1.82, 2.24) is 9.78 Å². The van der Waals surface area contributed by atoms with E-state index in [4.69, 9.17) is 17.3 Å². The largest absolute Gasteiger partial charge is 0.370 e. The van der Waals surface area contributed by atoms with Gasteiger partial charge in [-0.25, -0.2) is 0 Å². The first-order valence-electron chi connectivity index (χ1n) is 5.77. The fourth-order valence-electron chi connectivity index (χ4n) is 2.00. The lowest BCUT2D eigenvalue weighted by atomic mass is 10.1. The van der Waals surface area contributed by atoms with Crippen molar-refractivity contribution in [3.63, 3.8) is 0 Å². The number of hydrogen-bond acceptors (Lipinski definition) is 3. The highest BCUT2D eigenvalue weighted by Crippen LogP contribution is 2.24. The zero-order valence-electron chi connectivity index (χ0n) is 10.6. The normalized spacial score (nSPS) is 10.7. The summed E-state index contributed by atoms with van der Waals surface area (Å²) in [4.78, 5) is 2.15. The highest BCUT2D eigenvalue weighted by atomic mass is 35.5. The summed E-state index contributed by atoms with van der Waals surface area (Å²) in [5.74, 6) is 0. The fourth-order valence-corrected chi connectivity index (χ4v) is 2.20. The quantitative estimate of drug-likeness (QED) is 0.921. The van der Waals surface area contributed by atoms with Crippen molar-refractivity contribution in [1.29, 1.82) is 0 Å². The first kappa shape index (κ1) is 12.9. The summed E-state index contributed by atoms with van der Waals surface area (Å²) in [6.45, 7) is 1.27. The number of benzene rings is 1. The van der Waals surface area contributed by atoms with Crippen LogP contribution < -0.4 is 10.6 Å². The van der Waals surface area contributed by atoms with Crippen LogP contribution in [0.15, 0.2) is 30.6 Å². The molecule has 96 valence electrons. The van der Waals surface area contributed by atoms with E-state index in [1.54, 1.807) is 4.68 Å². The van der Waals surface area contributed by atoms with Gasteiger partial charge in [0.15, 0.2) is 0 Å². The van der Waals surface area contributed by atoms with E-state index >= 15 is 0 Å². The number of nitrogens with two attached hydrogens (primary N) is 1. The first-order chi connectivity index (χ1) is 8.60. The van der Waals surface area contributed by atoms with Gasteiger partial charge in [-0.1, -0.05) is 11.6 Å². The molecule has 0 saturated carbocycles. The summed E-state index contributed by atoms with van der Waals surface area (Å²) >= 11 is 5.98. The third kappa shape index (κ3) is 2.83. The standard InChI is InChI=1S/C13H17ClN4/c1-17(8-10-7-16-18(2)9-10)13-4-3-12(14)5-11(13)6-15/h3-5,7,9H,6,8,15H2,1-2H3. The highest BCUT2D eigenvalue weighted by molar-refractivity contribution is 6.30. The number of aryl methyl sites for hydroxylation is 1. The van der Waals surface area contributed by atoms with Gasteiger partial charge < -0.3 is 10.6 Å². The van der Waals surface area contributed by atoms with Gasteiger partial charge in [0.1, 0.15) is 0 Å². The number of hydrogen-bond donors (Lipinski definition) is 1. The summed E-state index contributed by atoms with van der Waals surface area (Å²) in [6.07, 6.45) is 3.88. The Morgan fingerprint density at radius 1 is 1.44 bits per heavy atom. The lowest BCUT2D eigenvalue weighted by Crippen LogP contribution is -2.18. The first-order valence-corrected chi connectivity index (χ1v) is 6.15. The van der Waals surface area contributed by atoms with E-state index in [0.29, 0.717) is 11.6 Å². The molecule has 0 saturated heterocycles. The Hall–Kier alpha value is -1.52. The fraction of sp³-hybridized carbons (Fsp3) is 0.308. The molecule has 0 radical (unpaired) electrons. The minimum Gasteiger partial charge on any atom is -0.370 e. The Morgan fingerprint density at radius 3 is 2.83 bits per heavy atom. The van der Waals surface area contributed by atoms with E-state index < -0.39 is 0 Å². The Bertz CT molecular complexity index is 536. The van der Waals surface area contributed by atoms with Crippen molar-refractivity contribution in [2.45, 2.75) is 13.1 Å². The molecule has 2 aromatic rings. The molecule has 2 rings (SSSR count). The molecule has 4 nitrogen and oxygen atoms in total. The van der Waals surface area contributed by atoms with Crippen LogP contribution in [0.4, 0.5) is 5.69 Å². The van der Waals surface area contributed by atoms with Crippen molar-refractivity contribution < 1.29 is 0 Å². The smallest absolute Gasteiger partial charge is 0.0539 e. The molecule has 0 atom stereocenters. The van der Waals surface area contributed by atoms with Crippen LogP contribution in [0.1, 0.15) is 11.1 Å². The Morgan fingerprint density at radius 2 is 2.22 bits per heavy atom. The second kappa shape index (κ2) is 5.42. The topological polar surface area (TPSA) is 47.1 Å². The molecule has 0 amide bonds. The molecule has 0 aliphatic carbocycles. The van der Waals surface area contributed by atoms with Gasteiger partial charge >= 0.3 is 0 Å². The van der Waals surface area contributed by atoms with Crippen molar-refractivity contribution in [2.75, 3.05) is 11.9 Å². The summed E-state index contributed by atoms with van der Waals surface area (Å²) in [5, 5.41) is 4.88. The molecular weight excluding hydrogens is 248 g/mol. The Labute approximate surface area is 112 Å². The van der Waals surface area contributed by atoms with Crippen LogP contribution in [0, 0.1) is 0 Å². The van der Waals surface area contributed by atoms with Gasteiger partial charge in [-0.15, -0.1) is 0 Å². The zero-order valence-corrected chi connectivity index (χ0v) is 11.4. The van der Waals surface area contributed by atoms with Crippen LogP contribution in [0.2, 0.25) is 5.02 Å². The Kier molecular flexibility index (Phi) is 3.89. The number of halogens is 1. The average molecular weight is 265 g/mol. The third-order valence-electron chi connectivity index (χ3n) is 2.85. The molecule has 2 N–H and O–H groups in total. The van der Waals surface area contributed by atoms with Crippen LogP contribution in [-0.2, 0) is 20.1 Å². The van der Waals surface area contributed by atoms with E-state index in [2.05, 4.69) is 10.00 Å². The van der Waals surface area contributed by atoms with E-state index in [0.717, 1.165) is 23.4 Å². The number of nitrogens with zero attached hydrogens (tertiary/aromatic N) is 3. The summed E-state index contributed by atoms with van der Waals surface area (Å²) < 4.78 is 1.80. The van der Waals surface area contributed by atoms with Gasteiger partial charge in [0.2, 0.25) is 0 Å². The SMILES string of the molecule is CN(Cc1cnn(C)c1)c1ccc(Cl)cc1CN. The predicted molar refractivity (Wildman–Crippen MR) is 74.7 cm³/mol. The van der Waals surface area contributed by atoms with Gasteiger partial charge in [0, 0.05) is 49.7 Å². The van der Waals surface area contributed by atoms with Gasteiger partial charge in [-0.3, -0.25) is 4.68 Å². The van der Waals surface area contributed by atoms with Crippen molar-refractivity contribution in [3.8, 4) is 0 Å². The summed E-state index contributed by atoms with van der Waals surface area (Å²) in [7, 11) is 3.95. The maximum atomic E-state index is 5.98. The summed E-state index contributed by atoms with van der Waals surface area (Å²) in [6, 6.07) is 5.80. The monoisotopic (exact) mass is 264 g/mol. The molecule has 0 spiro atoms. The van der Waals surface area contributed by atoms with Crippen molar-refractivity contribution >= 4 is 17.3 Å². The van der Waals surface area contributed by atoms with E-state index in [1.807, 2.05) is 44.7 Å². The van der Waals surface area contributed by atoms with Crippen LogP contribution in [0.3, 0.4) is 0 Å². The maximum absolute atomic E-state index is 5.98. The van der Waals surface area contributed by atoms with Gasteiger partial charge in [0.25, 0.3) is 0 Å². The van der Waals surface area contributed by atoms with Gasteiger partial charge in [-0.05, 0) is 23.8 Å². The van der Waals surface area contributed by atoms with Crippen LogP contribution in [-0.4, -0.2) is 16.8 Å². The molecule has 0 aliphatic rings. The zero-order chi connectivity index (χ0) is 13.1. The molecule has 0 bridgehead atoms. The highest BCUT2D eigenvalue weighted by Gasteiger charge is 2.08. The lowest BCUT2D eigenvalue weighted by molar-refractivity contribution is 0.766. The molecule has 1 heterocycles. The Balaban J connectivity index is 2.20. The third-order valence-corrected chi connectivity index (χ3v) is 3.09.